The highest BCUT2D eigenvalue weighted by Gasteiger charge is 2.45. The number of hydrogen-bond donors (Lipinski definition) is 1. The number of aryl methyl sites for hydroxylation is 2. The fraction of sp³-hybridized carbons (Fsp3) is 0.304. The fourth-order valence-corrected chi connectivity index (χ4v) is 3.45. The van der Waals surface area contributed by atoms with Gasteiger partial charge < -0.3 is 14.7 Å². The quantitative estimate of drug-likeness (QED) is 0.359. The van der Waals surface area contributed by atoms with Crippen LogP contribution >= 0.6 is 0 Å². The third-order valence-corrected chi connectivity index (χ3v) is 5.01. The summed E-state index contributed by atoms with van der Waals surface area (Å²) in [5, 5.41) is 10.9. The van der Waals surface area contributed by atoms with E-state index >= 15 is 0 Å². The number of methoxy groups -OCH3 is 1. The van der Waals surface area contributed by atoms with E-state index in [0.29, 0.717) is 25.1 Å². The molecule has 2 aromatic carbocycles. The summed E-state index contributed by atoms with van der Waals surface area (Å²) in [5.74, 6) is -1.38. The molecule has 0 aliphatic carbocycles. The van der Waals surface area contributed by atoms with Gasteiger partial charge in [-0.05, 0) is 25.8 Å². The normalized spacial score (nSPS) is 18.7. The number of aliphatic hydroxyl groups excluding tert-OH is 1. The largest absolute Gasteiger partial charge is 0.507 e. The van der Waals surface area contributed by atoms with Gasteiger partial charge in [0.25, 0.3) is 11.7 Å². The van der Waals surface area contributed by atoms with Gasteiger partial charge in [-0.2, -0.15) is 0 Å². The zero-order valence-electron chi connectivity index (χ0n) is 16.4. The van der Waals surface area contributed by atoms with E-state index in [4.69, 9.17) is 4.74 Å². The SMILES string of the molecule is COCCCN1C(=O)C(=O)C(=C(O)c2ccc(C)cc2)C1c1ccc(C)cc1. The molecule has 0 bridgehead atoms. The highest BCUT2D eigenvalue weighted by atomic mass is 16.5. The molecule has 28 heavy (non-hydrogen) atoms. The molecular weight excluding hydrogens is 354 g/mol. The van der Waals surface area contributed by atoms with Gasteiger partial charge in [0.15, 0.2) is 0 Å². The van der Waals surface area contributed by atoms with Gasteiger partial charge in [-0.1, -0.05) is 59.7 Å². The molecule has 0 spiro atoms. The van der Waals surface area contributed by atoms with E-state index in [-0.39, 0.29) is 11.3 Å². The molecule has 1 aliphatic rings. The molecule has 1 fully saturated rings. The third-order valence-electron chi connectivity index (χ3n) is 5.01. The summed E-state index contributed by atoms with van der Waals surface area (Å²) < 4.78 is 5.09. The van der Waals surface area contributed by atoms with Crippen LogP contribution < -0.4 is 0 Å². The van der Waals surface area contributed by atoms with Crippen LogP contribution in [0.4, 0.5) is 0 Å². The van der Waals surface area contributed by atoms with Crippen molar-refractivity contribution >= 4 is 17.4 Å². The lowest BCUT2D eigenvalue weighted by molar-refractivity contribution is -0.140. The molecule has 1 N–H and O–H groups in total. The molecule has 1 amide bonds. The Kier molecular flexibility index (Phi) is 5.95. The van der Waals surface area contributed by atoms with E-state index in [1.165, 1.54) is 4.90 Å². The maximum absolute atomic E-state index is 12.8. The van der Waals surface area contributed by atoms with E-state index in [0.717, 1.165) is 16.7 Å². The van der Waals surface area contributed by atoms with Gasteiger partial charge in [0.2, 0.25) is 0 Å². The van der Waals surface area contributed by atoms with Crippen LogP contribution in [0.25, 0.3) is 5.76 Å². The Balaban J connectivity index is 2.10. The lowest BCUT2D eigenvalue weighted by Crippen LogP contribution is -2.31. The number of ketones is 1. The van der Waals surface area contributed by atoms with Crippen LogP contribution in [0.1, 0.15) is 34.7 Å². The van der Waals surface area contributed by atoms with Crippen molar-refractivity contribution in [2.24, 2.45) is 0 Å². The monoisotopic (exact) mass is 379 g/mol. The lowest BCUT2D eigenvalue weighted by atomic mass is 9.94. The van der Waals surface area contributed by atoms with Crippen LogP contribution in [0.5, 0.6) is 0 Å². The lowest BCUT2D eigenvalue weighted by Gasteiger charge is -2.25. The molecule has 3 rings (SSSR count). The molecule has 0 radical (unpaired) electrons. The van der Waals surface area contributed by atoms with Crippen LogP contribution in [0.2, 0.25) is 0 Å². The van der Waals surface area contributed by atoms with Gasteiger partial charge in [-0.3, -0.25) is 9.59 Å². The first kappa shape index (κ1) is 19.8. The van der Waals surface area contributed by atoms with Crippen molar-refractivity contribution in [1.82, 2.24) is 4.90 Å². The van der Waals surface area contributed by atoms with Crippen molar-refractivity contribution in [3.05, 3.63) is 76.4 Å². The second-order valence-electron chi connectivity index (χ2n) is 7.12. The Hall–Kier alpha value is -2.92. The molecular formula is C23H25NO4. The summed E-state index contributed by atoms with van der Waals surface area (Å²) in [4.78, 5) is 27.1. The Labute approximate surface area is 165 Å². The Morgan fingerprint density at radius 1 is 1.00 bits per heavy atom. The minimum Gasteiger partial charge on any atom is -0.507 e. The molecule has 5 heteroatoms. The first-order chi connectivity index (χ1) is 13.4. The minimum absolute atomic E-state index is 0.134. The summed E-state index contributed by atoms with van der Waals surface area (Å²) >= 11 is 0. The van der Waals surface area contributed by atoms with E-state index in [1.807, 2.05) is 50.2 Å². The zero-order valence-corrected chi connectivity index (χ0v) is 16.4. The molecule has 1 saturated heterocycles. The van der Waals surface area contributed by atoms with Crippen LogP contribution in [0.15, 0.2) is 54.1 Å². The number of Topliss-reactive ketones (excluding diaryl/α,β-unsaturated/α-hetero) is 1. The van der Waals surface area contributed by atoms with Crippen molar-refractivity contribution in [2.75, 3.05) is 20.3 Å². The van der Waals surface area contributed by atoms with Crippen molar-refractivity contribution < 1.29 is 19.4 Å². The number of ether oxygens (including phenoxy) is 1. The van der Waals surface area contributed by atoms with E-state index < -0.39 is 17.7 Å². The Morgan fingerprint density at radius 2 is 1.57 bits per heavy atom. The number of benzene rings is 2. The number of hydrogen-bond acceptors (Lipinski definition) is 4. The van der Waals surface area contributed by atoms with Crippen LogP contribution in [0, 0.1) is 13.8 Å². The van der Waals surface area contributed by atoms with Gasteiger partial charge >= 0.3 is 0 Å². The summed E-state index contributed by atoms with van der Waals surface area (Å²) in [6.07, 6.45) is 0.608. The van der Waals surface area contributed by atoms with Crippen LogP contribution in [-0.2, 0) is 14.3 Å². The predicted molar refractivity (Wildman–Crippen MR) is 108 cm³/mol. The van der Waals surface area contributed by atoms with E-state index in [9.17, 15) is 14.7 Å². The smallest absolute Gasteiger partial charge is 0.295 e. The number of aliphatic hydroxyl groups is 1. The van der Waals surface area contributed by atoms with Crippen LogP contribution in [-0.4, -0.2) is 42.0 Å². The van der Waals surface area contributed by atoms with Gasteiger partial charge in [0, 0.05) is 25.8 Å². The number of carbonyl (C=O) groups excluding carboxylic acids is 2. The number of nitrogens with zero attached hydrogens (tertiary/aromatic N) is 1. The van der Waals surface area contributed by atoms with Gasteiger partial charge in [0.05, 0.1) is 11.6 Å². The number of carbonyl (C=O) groups is 2. The number of rotatable bonds is 6. The minimum atomic E-state index is -0.652. The highest BCUT2D eigenvalue weighted by molar-refractivity contribution is 6.46. The maximum atomic E-state index is 12.8. The van der Waals surface area contributed by atoms with Gasteiger partial charge in [0.1, 0.15) is 5.76 Å². The predicted octanol–water partition coefficient (Wildman–Crippen LogP) is 3.76. The molecule has 0 saturated carbocycles. The first-order valence-corrected chi connectivity index (χ1v) is 9.35. The molecule has 1 heterocycles. The molecule has 146 valence electrons. The standard InChI is InChI=1S/C23H25NO4/c1-15-5-9-17(10-6-15)20-19(21(25)18-11-7-16(2)8-12-18)22(26)23(27)24(20)13-4-14-28-3/h5-12,20,25H,4,13-14H2,1-3H3. The first-order valence-electron chi connectivity index (χ1n) is 9.35. The second-order valence-corrected chi connectivity index (χ2v) is 7.12. The number of amides is 1. The molecule has 1 aliphatic heterocycles. The van der Waals surface area contributed by atoms with Crippen molar-refractivity contribution in [2.45, 2.75) is 26.3 Å². The fourth-order valence-electron chi connectivity index (χ4n) is 3.45. The summed E-state index contributed by atoms with van der Waals surface area (Å²) in [6, 6.07) is 14.3. The summed E-state index contributed by atoms with van der Waals surface area (Å²) in [5.41, 5.74) is 3.59. The molecule has 1 unspecified atom stereocenters. The Morgan fingerprint density at radius 3 is 2.14 bits per heavy atom. The molecule has 0 aromatic heterocycles. The Bertz CT molecular complexity index is 897. The van der Waals surface area contributed by atoms with E-state index in [1.54, 1.807) is 19.2 Å². The molecule has 1 atom stereocenters. The van der Waals surface area contributed by atoms with Gasteiger partial charge in [-0.25, -0.2) is 0 Å². The number of likely N-dealkylation sites (tertiary alicyclic amines) is 1. The van der Waals surface area contributed by atoms with E-state index in [2.05, 4.69) is 0 Å². The summed E-state index contributed by atoms with van der Waals surface area (Å²) in [6.45, 7) is 4.79. The molecule has 5 nitrogen and oxygen atoms in total. The third kappa shape index (κ3) is 3.85. The second kappa shape index (κ2) is 8.40. The average molecular weight is 379 g/mol. The van der Waals surface area contributed by atoms with Crippen molar-refractivity contribution in [3.63, 3.8) is 0 Å². The van der Waals surface area contributed by atoms with Crippen LogP contribution in [0.3, 0.4) is 0 Å². The topological polar surface area (TPSA) is 66.8 Å². The zero-order chi connectivity index (χ0) is 20.3. The van der Waals surface area contributed by atoms with Crippen molar-refractivity contribution in [1.29, 1.82) is 0 Å². The molecule has 2 aromatic rings. The average Bonchev–Trinajstić information content (AvgIpc) is 2.94. The summed E-state index contributed by atoms with van der Waals surface area (Å²) in [7, 11) is 1.60. The highest BCUT2D eigenvalue weighted by Crippen LogP contribution is 2.39. The van der Waals surface area contributed by atoms with Crippen molar-refractivity contribution in [3.8, 4) is 0 Å². The maximum Gasteiger partial charge on any atom is 0.295 e. The van der Waals surface area contributed by atoms with Gasteiger partial charge in [-0.15, -0.1) is 0 Å².